The monoisotopic (exact) mass is 748 g/mol. The van der Waals surface area contributed by atoms with Gasteiger partial charge in [-0.15, -0.1) is 11.3 Å². The molecule has 0 fully saturated rings. The van der Waals surface area contributed by atoms with Gasteiger partial charge in [0.2, 0.25) is 0 Å². The van der Waals surface area contributed by atoms with Gasteiger partial charge < -0.3 is 5.32 Å². The fraction of sp³-hybridized carbons (Fsp3) is 0.0769. The number of aliphatic imine (C=N–C) groups is 1. The van der Waals surface area contributed by atoms with E-state index in [1.54, 1.807) is 11.3 Å². The number of fused-ring (bicyclic) bond motifs is 9. The molecule has 0 amide bonds. The molecular formula is C52H36N4S. The first-order valence-electron chi connectivity index (χ1n) is 19.5. The maximum Gasteiger partial charge on any atom is 0.131 e. The molecule has 2 N–H and O–H groups in total. The van der Waals surface area contributed by atoms with Crippen molar-refractivity contribution in [3.05, 3.63) is 197 Å². The summed E-state index contributed by atoms with van der Waals surface area (Å²) in [4.78, 5) is 5.46. The summed E-state index contributed by atoms with van der Waals surface area (Å²) in [5, 5.41) is 25.5. The zero-order chi connectivity index (χ0) is 37.9. The summed E-state index contributed by atoms with van der Waals surface area (Å²) in [5.41, 5.74) is 11.1. The summed E-state index contributed by atoms with van der Waals surface area (Å²) in [6.45, 7) is 0. The van der Waals surface area contributed by atoms with E-state index in [9.17, 15) is 5.26 Å². The number of hydrogen-bond acceptors (Lipinski definition) is 5. The van der Waals surface area contributed by atoms with Crippen molar-refractivity contribution in [3.8, 4) is 28.3 Å². The molecule has 2 aliphatic rings. The molecule has 2 unspecified atom stereocenters. The first kappa shape index (κ1) is 33.5. The number of amidine groups is 1. The van der Waals surface area contributed by atoms with Gasteiger partial charge in [0.15, 0.2) is 0 Å². The van der Waals surface area contributed by atoms with Crippen LogP contribution >= 0.6 is 11.3 Å². The summed E-state index contributed by atoms with van der Waals surface area (Å²) in [5.74, 6) is 0.843. The van der Waals surface area contributed by atoms with Crippen LogP contribution in [0.25, 0.3) is 70.0 Å². The number of rotatable bonds is 5. The van der Waals surface area contributed by atoms with E-state index >= 15 is 0 Å². The van der Waals surface area contributed by atoms with Crippen LogP contribution in [0.15, 0.2) is 169 Å². The normalized spacial score (nSPS) is 16.4. The average Bonchev–Trinajstić information content (AvgIpc) is 3.67. The number of hydrogen-bond donors (Lipinski definition) is 2. The van der Waals surface area contributed by atoms with Gasteiger partial charge in [0.05, 0.1) is 10.3 Å². The Morgan fingerprint density at radius 2 is 1.32 bits per heavy atom. The molecule has 57 heavy (non-hydrogen) atoms. The minimum absolute atomic E-state index is 0.177. The lowest BCUT2D eigenvalue weighted by Gasteiger charge is -2.33. The topological polar surface area (TPSA) is 60.2 Å². The molecule has 0 saturated carbocycles. The van der Waals surface area contributed by atoms with Gasteiger partial charge in [-0.05, 0) is 109 Å². The summed E-state index contributed by atoms with van der Waals surface area (Å²) < 4.78 is 2.23. The van der Waals surface area contributed by atoms with Crippen molar-refractivity contribution in [3.63, 3.8) is 0 Å². The smallest absolute Gasteiger partial charge is 0.131 e. The van der Waals surface area contributed by atoms with E-state index in [2.05, 4.69) is 181 Å². The molecule has 1 aliphatic carbocycles. The van der Waals surface area contributed by atoms with E-state index in [0.29, 0.717) is 5.56 Å². The van der Waals surface area contributed by atoms with Crippen molar-refractivity contribution in [1.29, 1.82) is 5.26 Å². The molecule has 11 rings (SSSR count). The Bertz CT molecular complexity index is 3140. The van der Waals surface area contributed by atoms with Crippen LogP contribution in [-0.2, 0) is 6.42 Å². The average molecular weight is 749 g/mol. The summed E-state index contributed by atoms with van der Waals surface area (Å²) in [7, 11) is 0. The van der Waals surface area contributed by atoms with Crippen LogP contribution in [0.2, 0.25) is 0 Å². The second-order valence-electron chi connectivity index (χ2n) is 15.0. The molecule has 0 saturated heterocycles. The predicted molar refractivity (Wildman–Crippen MR) is 238 cm³/mol. The van der Waals surface area contributed by atoms with E-state index in [0.717, 1.165) is 56.6 Å². The Balaban J connectivity index is 1.16. The molecule has 0 radical (unpaired) electrons. The third kappa shape index (κ3) is 5.73. The third-order valence-corrected chi connectivity index (χ3v) is 12.9. The van der Waals surface area contributed by atoms with Crippen LogP contribution < -0.4 is 10.6 Å². The number of nitriles is 1. The van der Waals surface area contributed by atoms with Crippen LogP contribution in [0.5, 0.6) is 0 Å². The number of aryl methyl sites for hydroxylation is 1. The number of thiophene rings is 1. The lowest BCUT2D eigenvalue weighted by atomic mass is 9.82. The lowest BCUT2D eigenvalue weighted by molar-refractivity contribution is 0.409. The molecule has 0 bridgehead atoms. The molecule has 2 heterocycles. The Hall–Kier alpha value is -6.84. The molecule has 4 nitrogen and oxygen atoms in total. The zero-order valence-electron chi connectivity index (χ0n) is 31.0. The van der Waals surface area contributed by atoms with Crippen LogP contribution in [0.4, 0.5) is 0 Å². The van der Waals surface area contributed by atoms with E-state index < -0.39 is 0 Å². The molecule has 1 aromatic heterocycles. The maximum absolute atomic E-state index is 10.6. The highest BCUT2D eigenvalue weighted by molar-refractivity contribution is 7.26. The summed E-state index contributed by atoms with van der Waals surface area (Å²) >= 11 is 1.70. The van der Waals surface area contributed by atoms with Gasteiger partial charge in [-0.3, -0.25) is 5.32 Å². The van der Waals surface area contributed by atoms with Crippen molar-refractivity contribution in [2.45, 2.75) is 25.2 Å². The molecule has 5 heteroatoms. The highest BCUT2D eigenvalue weighted by atomic mass is 32.1. The largest absolute Gasteiger partial charge is 0.350 e. The minimum atomic E-state index is -0.356. The standard InChI is InChI=1S/C52H36N4S/c53-31-38-27-36(28-46-42-20-11-12-22-47(42)57-49(38)46)44-29-37(30-45-41-19-8-7-17-39(41)40-18-9-10-21-43(40)48(44)45)52-55-50(34-15-5-2-6-16-34)54-51(56-52)35-25-23-33(24-26-35)32-13-3-1-4-14-32/h1-7,9-18,20-30,50,52,55H,8,19H2,(H,54,56). The minimum Gasteiger partial charge on any atom is -0.350 e. The van der Waals surface area contributed by atoms with Gasteiger partial charge in [-0.2, -0.15) is 5.26 Å². The van der Waals surface area contributed by atoms with Crippen LogP contribution in [-0.4, -0.2) is 5.84 Å². The van der Waals surface area contributed by atoms with E-state index in [1.807, 2.05) is 6.07 Å². The summed E-state index contributed by atoms with van der Waals surface area (Å²) in [6, 6.07) is 58.8. The van der Waals surface area contributed by atoms with Crippen molar-refractivity contribution in [1.82, 2.24) is 10.6 Å². The SMILES string of the molecule is N#Cc1cc(-c2cc(C3N=C(c4ccc(-c5ccccc5)cc4)NC(c4ccccc4)N3)cc3c4c(c5ccccc5c23)C=CCC4)cc2c1sc1ccccc12. The molecule has 2 atom stereocenters. The Kier molecular flexibility index (Phi) is 8.06. The van der Waals surface area contributed by atoms with Gasteiger partial charge in [0, 0.05) is 21.0 Å². The van der Waals surface area contributed by atoms with Gasteiger partial charge >= 0.3 is 0 Å². The fourth-order valence-corrected chi connectivity index (χ4v) is 10.1. The predicted octanol–water partition coefficient (Wildman–Crippen LogP) is 12.9. The fourth-order valence-electron chi connectivity index (χ4n) is 8.92. The number of benzene rings is 8. The lowest BCUT2D eigenvalue weighted by Crippen LogP contribution is -2.44. The Morgan fingerprint density at radius 1 is 0.614 bits per heavy atom. The first-order valence-corrected chi connectivity index (χ1v) is 20.4. The van der Waals surface area contributed by atoms with Gasteiger partial charge in [-0.25, -0.2) is 4.99 Å². The van der Waals surface area contributed by atoms with Gasteiger partial charge in [0.25, 0.3) is 0 Å². The highest BCUT2D eigenvalue weighted by Crippen LogP contribution is 2.45. The molecule has 8 aromatic carbocycles. The quantitative estimate of drug-likeness (QED) is 0.172. The highest BCUT2D eigenvalue weighted by Gasteiger charge is 2.28. The number of allylic oxidation sites excluding steroid dienone is 1. The van der Waals surface area contributed by atoms with Crippen LogP contribution in [0.1, 0.15) is 52.1 Å². The van der Waals surface area contributed by atoms with Crippen LogP contribution in [0, 0.1) is 11.3 Å². The van der Waals surface area contributed by atoms with Gasteiger partial charge in [-0.1, -0.05) is 140 Å². The van der Waals surface area contributed by atoms with Crippen molar-refractivity contribution < 1.29 is 0 Å². The molecule has 9 aromatic rings. The molecule has 270 valence electrons. The van der Waals surface area contributed by atoms with E-state index in [-0.39, 0.29) is 12.3 Å². The number of nitrogens with zero attached hydrogens (tertiary/aromatic N) is 2. The zero-order valence-corrected chi connectivity index (χ0v) is 31.9. The van der Waals surface area contributed by atoms with E-state index in [1.165, 1.54) is 53.9 Å². The van der Waals surface area contributed by atoms with Crippen molar-refractivity contribution in [2.24, 2.45) is 4.99 Å². The van der Waals surface area contributed by atoms with Gasteiger partial charge in [0.1, 0.15) is 24.2 Å². The number of nitrogens with one attached hydrogen (secondary N) is 2. The molecule has 0 spiro atoms. The van der Waals surface area contributed by atoms with Crippen LogP contribution in [0.3, 0.4) is 0 Å². The maximum atomic E-state index is 10.6. The van der Waals surface area contributed by atoms with Crippen molar-refractivity contribution >= 4 is 65.0 Å². The second kappa shape index (κ2) is 13.7. The van der Waals surface area contributed by atoms with Crippen molar-refractivity contribution in [2.75, 3.05) is 0 Å². The third-order valence-electron chi connectivity index (χ3n) is 11.6. The van der Waals surface area contributed by atoms with E-state index in [4.69, 9.17) is 4.99 Å². The Morgan fingerprint density at radius 3 is 2.12 bits per heavy atom. The second-order valence-corrected chi connectivity index (χ2v) is 16.0. The first-order chi connectivity index (χ1) is 28.2. The Labute approximate surface area is 335 Å². The molecule has 1 aliphatic heterocycles. The summed E-state index contributed by atoms with van der Waals surface area (Å²) in [6.07, 6.45) is 6.04. The molecular weight excluding hydrogens is 713 g/mol.